The third kappa shape index (κ3) is 7.60. The number of benzene rings is 2. The van der Waals surface area contributed by atoms with Crippen molar-refractivity contribution in [1.82, 2.24) is 0 Å². The van der Waals surface area contributed by atoms with Gasteiger partial charge in [0.2, 0.25) is 0 Å². The second-order valence-electron chi connectivity index (χ2n) is 9.86. The van der Waals surface area contributed by atoms with E-state index in [1.165, 1.54) is 5.57 Å². The zero-order chi connectivity index (χ0) is 26.3. The number of esters is 1. The molecular formula is C30H34O6. The van der Waals surface area contributed by atoms with E-state index in [2.05, 4.69) is 19.9 Å². The quantitative estimate of drug-likeness (QED) is 0.178. The molecule has 1 aromatic heterocycles. The molecule has 0 bridgehead atoms. The van der Waals surface area contributed by atoms with Crippen LogP contribution in [0.1, 0.15) is 64.7 Å². The highest BCUT2D eigenvalue weighted by atomic mass is 16.6. The molecule has 3 aromatic rings. The molecule has 0 aliphatic carbocycles. The molecule has 0 atom stereocenters. The summed E-state index contributed by atoms with van der Waals surface area (Å²) in [6, 6.07) is 13.6. The molecule has 0 radical (unpaired) electrons. The maximum Gasteiger partial charge on any atom is 0.383 e. The molecule has 0 amide bonds. The minimum absolute atomic E-state index is 0.154. The maximum absolute atomic E-state index is 12.9. The number of allylic oxidation sites excluding steroid dienone is 3. The Morgan fingerprint density at radius 3 is 2.36 bits per heavy atom. The Balaban J connectivity index is 1.96. The first-order valence-corrected chi connectivity index (χ1v) is 12.0. The van der Waals surface area contributed by atoms with Crippen LogP contribution in [0.5, 0.6) is 17.2 Å². The van der Waals surface area contributed by atoms with E-state index in [0.717, 1.165) is 18.4 Å². The Kier molecular flexibility index (Phi) is 8.75. The van der Waals surface area contributed by atoms with Gasteiger partial charge in [0, 0.05) is 6.07 Å². The van der Waals surface area contributed by atoms with E-state index in [4.69, 9.17) is 18.6 Å². The van der Waals surface area contributed by atoms with E-state index in [1.807, 2.05) is 33.8 Å². The van der Waals surface area contributed by atoms with Gasteiger partial charge in [-0.25, -0.2) is 9.59 Å². The summed E-state index contributed by atoms with van der Waals surface area (Å²) in [5.74, 6) is -0.251. The fraction of sp³-hybridized carbons (Fsp3) is 0.333. The van der Waals surface area contributed by atoms with Crippen LogP contribution in [0.15, 0.2) is 81.0 Å². The molecule has 0 aliphatic rings. The molecule has 2 aromatic carbocycles. The molecule has 6 nitrogen and oxygen atoms in total. The minimum atomic E-state index is -0.807. The van der Waals surface area contributed by atoms with Crippen LogP contribution < -0.4 is 19.8 Å². The smallest absolute Gasteiger partial charge is 0.383 e. The predicted octanol–water partition coefficient (Wildman–Crippen LogP) is 7.26. The number of fused-ring (bicyclic) bond motifs is 1. The van der Waals surface area contributed by atoms with Crippen molar-refractivity contribution >= 4 is 16.9 Å². The van der Waals surface area contributed by atoms with Gasteiger partial charge >= 0.3 is 11.6 Å². The van der Waals surface area contributed by atoms with Crippen molar-refractivity contribution in [3.05, 3.63) is 87.8 Å². The molecule has 0 N–H and O–H groups in total. The average molecular weight is 491 g/mol. The van der Waals surface area contributed by atoms with Crippen molar-refractivity contribution in [3.8, 4) is 17.2 Å². The summed E-state index contributed by atoms with van der Waals surface area (Å²) in [7, 11) is 0. The van der Waals surface area contributed by atoms with E-state index in [1.54, 1.807) is 48.5 Å². The lowest BCUT2D eigenvalue weighted by atomic mass is 10.1. The topological polar surface area (TPSA) is 75.0 Å². The summed E-state index contributed by atoms with van der Waals surface area (Å²) in [4.78, 5) is 25.7. The highest BCUT2D eigenvalue weighted by Gasteiger charge is 2.22. The fourth-order valence-electron chi connectivity index (χ4n) is 3.47. The standard InChI is InChI=1S/C30H34O6/c1-20(2)11-10-12-21(3)17-18-33-26-24-16-15-23(36-30(4,5)6)19-25(24)34-29(32)27(26)35-28(31)22-13-8-7-9-14-22/h7-9,11,13-17,19H,10,12,18H2,1-6H3/b21-17+. The van der Waals surface area contributed by atoms with Gasteiger partial charge in [-0.2, -0.15) is 0 Å². The number of hydrogen-bond acceptors (Lipinski definition) is 6. The van der Waals surface area contributed by atoms with Crippen LogP contribution in [0.3, 0.4) is 0 Å². The first-order valence-electron chi connectivity index (χ1n) is 12.0. The van der Waals surface area contributed by atoms with Crippen LogP contribution in [0.25, 0.3) is 11.0 Å². The van der Waals surface area contributed by atoms with E-state index < -0.39 is 17.2 Å². The van der Waals surface area contributed by atoms with Crippen molar-refractivity contribution in [2.45, 2.75) is 60.0 Å². The van der Waals surface area contributed by atoms with E-state index in [0.29, 0.717) is 16.7 Å². The summed E-state index contributed by atoms with van der Waals surface area (Å²) in [6.07, 6.45) is 5.99. The van der Waals surface area contributed by atoms with E-state index >= 15 is 0 Å². The largest absolute Gasteiger partial charge is 0.488 e. The summed E-state index contributed by atoms with van der Waals surface area (Å²) in [6.45, 7) is 12.2. The van der Waals surface area contributed by atoms with Crippen molar-refractivity contribution in [3.63, 3.8) is 0 Å². The molecule has 1 heterocycles. The highest BCUT2D eigenvalue weighted by molar-refractivity contribution is 5.93. The Bertz CT molecular complexity index is 1320. The zero-order valence-corrected chi connectivity index (χ0v) is 21.8. The highest BCUT2D eigenvalue weighted by Crippen LogP contribution is 2.35. The molecule has 0 unspecified atom stereocenters. The third-order valence-electron chi connectivity index (χ3n) is 5.17. The lowest BCUT2D eigenvalue weighted by molar-refractivity contribution is 0.0722. The second kappa shape index (κ2) is 11.8. The van der Waals surface area contributed by atoms with Gasteiger partial charge in [0.05, 0.1) is 10.9 Å². The van der Waals surface area contributed by atoms with Gasteiger partial charge in [-0.1, -0.05) is 35.4 Å². The Morgan fingerprint density at radius 2 is 1.69 bits per heavy atom. The van der Waals surface area contributed by atoms with Gasteiger partial charge < -0.3 is 18.6 Å². The predicted molar refractivity (Wildman–Crippen MR) is 142 cm³/mol. The monoisotopic (exact) mass is 490 g/mol. The van der Waals surface area contributed by atoms with Gasteiger partial charge in [-0.15, -0.1) is 0 Å². The van der Waals surface area contributed by atoms with Crippen LogP contribution in [0, 0.1) is 0 Å². The van der Waals surface area contributed by atoms with Gasteiger partial charge in [-0.3, -0.25) is 0 Å². The van der Waals surface area contributed by atoms with Crippen molar-refractivity contribution < 1.29 is 23.4 Å². The molecule has 0 spiro atoms. The van der Waals surface area contributed by atoms with Crippen LogP contribution in [0.2, 0.25) is 0 Å². The number of carbonyl (C=O) groups excluding carboxylic acids is 1. The average Bonchev–Trinajstić information content (AvgIpc) is 2.80. The molecule has 0 aliphatic heterocycles. The SMILES string of the molecule is CC(C)=CCC/C(C)=C/COc1c(OC(=O)c2ccccc2)c(=O)oc2cc(OC(C)(C)C)ccc12. The molecular weight excluding hydrogens is 456 g/mol. The first kappa shape index (κ1) is 26.8. The molecule has 3 rings (SSSR count). The number of carbonyl (C=O) groups is 1. The summed E-state index contributed by atoms with van der Waals surface area (Å²) in [5.41, 5.74) is 1.79. The lowest BCUT2D eigenvalue weighted by Crippen LogP contribution is -2.22. The van der Waals surface area contributed by atoms with Crippen LogP contribution in [0.4, 0.5) is 0 Å². The number of rotatable bonds is 9. The Hall–Kier alpha value is -3.80. The molecule has 0 saturated heterocycles. The number of ether oxygens (including phenoxy) is 3. The van der Waals surface area contributed by atoms with Gasteiger partial charge in [0.1, 0.15) is 23.5 Å². The minimum Gasteiger partial charge on any atom is -0.488 e. The van der Waals surface area contributed by atoms with Crippen molar-refractivity contribution in [1.29, 1.82) is 0 Å². The first-order chi connectivity index (χ1) is 17.0. The van der Waals surface area contributed by atoms with Gasteiger partial charge in [0.25, 0.3) is 5.75 Å². The fourth-order valence-corrected chi connectivity index (χ4v) is 3.47. The molecule has 190 valence electrons. The maximum atomic E-state index is 12.9. The molecule has 6 heteroatoms. The summed E-state index contributed by atoms with van der Waals surface area (Å²) in [5, 5.41) is 0.502. The van der Waals surface area contributed by atoms with Crippen molar-refractivity contribution in [2.24, 2.45) is 0 Å². The molecule has 0 saturated carbocycles. The zero-order valence-electron chi connectivity index (χ0n) is 21.8. The summed E-state index contributed by atoms with van der Waals surface area (Å²) < 4.78 is 23.0. The van der Waals surface area contributed by atoms with Crippen LogP contribution in [-0.4, -0.2) is 18.2 Å². The van der Waals surface area contributed by atoms with Crippen molar-refractivity contribution in [2.75, 3.05) is 6.61 Å². The normalized spacial score (nSPS) is 11.8. The van der Waals surface area contributed by atoms with E-state index in [9.17, 15) is 9.59 Å². The number of hydrogen-bond donors (Lipinski definition) is 0. The Labute approximate surface area is 212 Å². The van der Waals surface area contributed by atoms with E-state index in [-0.39, 0.29) is 23.7 Å². The molecule has 36 heavy (non-hydrogen) atoms. The van der Waals surface area contributed by atoms with Gasteiger partial charge in [-0.05, 0) is 84.7 Å². The van der Waals surface area contributed by atoms with Crippen LogP contribution >= 0.6 is 0 Å². The molecule has 0 fully saturated rings. The van der Waals surface area contributed by atoms with Crippen LogP contribution in [-0.2, 0) is 0 Å². The second-order valence-corrected chi connectivity index (χ2v) is 9.86. The summed E-state index contributed by atoms with van der Waals surface area (Å²) >= 11 is 0. The Morgan fingerprint density at radius 1 is 0.972 bits per heavy atom. The third-order valence-corrected chi connectivity index (χ3v) is 5.17. The lowest BCUT2D eigenvalue weighted by Gasteiger charge is -2.21. The van der Waals surface area contributed by atoms with Gasteiger partial charge in [0.15, 0.2) is 5.75 Å².